The van der Waals surface area contributed by atoms with Gasteiger partial charge in [0, 0.05) is 0 Å². The zero-order chi connectivity index (χ0) is 11.6. The summed E-state index contributed by atoms with van der Waals surface area (Å²) < 4.78 is 44.1. The minimum Gasteiger partial charge on any atom is -0.503 e. The van der Waals surface area contributed by atoms with Crippen LogP contribution in [0.15, 0.2) is 6.20 Å². The zero-order valence-electron chi connectivity index (χ0n) is 7.92. The zero-order valence-corrected chi connectivity index (χ0v) is 7.92. The molecular weight excluding hydrogens is 215 g/mol. The average Bonchev–Trinajstić information content (AvgIpc) is 2.11. The number of rotatable bonds is 2. The maximum absolute atomic E-state index is 11.9. The van der Waals surface area contributed by atoms with Gasteiger partial charge in [-0.2, -0.15) is 0 Å². The topological polar surface area (TPSA) is 51.6 Å². The third-order valence-electron chi connectivity index (χ3n) is 1.61. The Balaban J connectivity index is 3.15. The molecule has 4 nitrogen and oxygen atoms in total. The Hall–Kier alpha value is -1.66. The van der Waals surface area contributed by atoms with Gasteiger partial charge in [0.1, 0.15) is 0 Å². The molecule has 0 spiro atoms. The second kappa shape index (κ2) is 3.84. The van der Waals surface area contributed by atoms with Gasteiger partial charge in [-0.05, 0) is 6.92 Å². The van der Waals surface area contributed by atoms with Crippen molar-refractivity contribution in [2.75, 3.05) is 7.11 Å². The van der Waals surface area contributed by atoms with Crippen molar-refractivity contribution in [3.05, 3.63) is 11.8 Å². The van der Waals surface area contributed by atoms with Crippen molar-refractivity contribution in [1.29, 1.82) is 0 Å². The first-order valence-corrected chi connectivity index (χ1v) is 3.83. The van der Waals surface area contributed by atoms with E-state index < -0.39 is 17.9 Å². The lowest BCUT2D eigenvalue weighted by Crippen LogP contribution is -2.18. The number of pyridine rings is 1. The van der Waals surface area contributed by atoms with Gasteiger partial charge in [-0.3, -0.25) is 0 Å². The van der Waals surface area contributed by atoms with Crippen molar-refractivity contribution in [3.63, 3.8) is 0 Å². The van der Waals surface area contributed by atoms with Crippen LogP contribution in [0.1, 0.15) is 5.56 Å². The quantitative estimate of drug-likeness (QED) is 0.833. The first kappa shape index (κ1) is 11.4. The van der Waals surface area contributed by atoms with Crippen LogP contribution in [-0.2, 0) is 0 Å². The second-order valence-corrected chi connectivity index (χ2v) is 2.65. The monoisotopic (exact) mass is 223 g/mol. The fraction of sp³-hybridized carbons (Fsp3) is 0.375. The van der Waals surface area contributed by atoms with E-state index in [4.69, 9.17) is 5.11 Å². The highest BCUT2D eigenvalue weighted by molar-refractivity contribution is 5.48. The van der Waals surface area contributed by atoms with Crippen LogP contribution in [0, 0.1) is 6.92 Å². The number of hydrogen-bond donors (Lipinski definition) is 1. The number of halogens is 3. The molecule has 0 amide bonds. The van der Waals surface area contributed by atoms with Crippen molar-refractivity contribution in [1.82, 2.24) is 4.98 Å². The molecule has 0 aliphatic carbocycles. The number of methoxy groups -OCH3 is 1. The summed E-state index contributed by atoms with van der Waals surface area (Å²) in [5.41, 5.74) is -0.0187. The summed E-state index contributed by atoms with van der Waals surface area (Å²) in [6.45, 7) is 1.30. The molecule has 0 bridgehead atoms. The fourth-order valence-corrected chi connectivity index (χ4v) is 1.01. The normalized spacial score (nSPS) is 11.3. The van der Waals surface area contributed by atoms with Crippen molar-refractivity contribution >= 4 is 0 Å². The van der Waals surface area contributed by atoms with Crippen LogP contribution in [0.3, 0.4) is 0 Å². The maximum Gasteiger partial charge on any atom is 0.573 e. The Labute approximate surface area is 83.3 Å². The van der Waals surface area contributed by atoms with Crippen molar-refractivity contribution in [2.24, 2.45) is 0 Å². The van der Waals surface area contributed by atoms with Crippen LogP contribution in [-0.4, -0.2) is 23.6 Å². The molecule has 0 aliphatic rings. The van der Waals surface area contributed by atoms with Crippen molar-refractivity contribution in [3.8, 4) is 17.4 Å². The summed E-state index contributed by atoms with van der Waals surface area (Å²) in [7, 11) is 1.25. The van der Waals surface area contributed by atoms with Gasteiger partial charge in [-0.15, -0.1) is 13.2 Å². The molecule has 0 atom stereocenters. The molecule has 0 aromatic carbocycles. The van der Waals surface area contributed by atoms with Crippen LogP contribution in [0.25, 0.3) is 0 Å². The van der Waals surface area contributed by atoms with E-state index in [2.05, 4.69) is 14.5 Å². The second-order valence-electron chi connectivity index (χ2n) is 2.65. The van der Waals surface area contributed by atoms with Gasteiger partial charge in [0.15, 0.2) is 11.5 Å². The van der Waals surface area contributed by atoms with E-state index in [1.54, 1.807) is 0 Å². The van der Waals surface area contributed by atoms with E-state index in [1.165, 1.54) is 14.0 Å². The Morgan fingerprint density at radius 1 is 1.40 bits per heavy atom. The van der Waals surface area contributed by atoms with Crippen LogP contribution < -0.4 is 9.47 Å². The predicted molar refractivity (Wildman–Crippen MR) is 43.9 cm³/mol. The number of hydrogen-bond acceptors (Lipinski definition) is 4. The highest BCUT2D eigenvalue weighted by atomic mass is 19.4. The Bertz CT molecular complexity index is 365. The smallest absolute Gasteiger partial charge is 0.503 e. The van der Waals surface area contributed by atoms with Crippen LogP contribution >= 0.6 is 0 Å². The molecule has 0 aliphatic heterocycles. The van der Waals surface area contributed by atoms with Crippen molar-refractivity contribution in [2.45, 2.75) is 13.3 Å². The van der Waals surface area contributed by atoms with E-state index in [1.807, 2.05) is 0 Å². The Kier molecular flexibility index (Phi) is 2.92. The summed E-state index contributed by atoms with van der Waals surface area (Å²) in [4.78, 5) is 3.57. The Morgan fingerprint density at radius 3 is 2.47 bits per heavy atom. The molecule has 15 heavy (non-hydrogen) atoms. The van der Waals surface area contributed by atoms with E-state index in [0.717, 1.165) is 6.20 Å². The minimum atomic E-state index is -4.87. The third-order valence-corrected chi connectivity index (χ3v) is 1.61. The lowest BCUT2D eigenvalue weighted by Gasteiger charge is -2.13. The largest absolute Gasteiger partial charge is 0.573 e. The highest BCUT2D eigenvalue weighted by Crippen LogP contribution is 2.37. The first-order valence-electron chi connectivity index (χ1n) is 3.83. The van der Waals surface area contributed by atoms with E-state index in [9.17, 15) is 13.2 Å². The van der Waals surface area contributed by atoms with Gasteiger partial charge in [-0.25, -0.2) is 4.98 Å². The molecule has 1 rings (SSSR count). The summed E-state index contributed by atoms with van der Waals surface area (Å²) in [5, 5.41) is 9.13. The van der Waals surface area contributed by atoms with Crippen LogP contribution in [0.2, 0.25) is 0 Å². The summed E-state index contributed by atoms with van der Waals surface area (Å²) in [6, 6.07) is 0. The highest BCUT2D eigenvalue weighted by Gasteiger charge is 2.33. The predicted octanol–water partition coefficient (Wildman–Crippen LogP) is 2.00. The third kappa shape index (κ3) is 2.64. The van der Waals surface area contributed by atoms with E-state index >= 15 is 0 Å². The molecule has 0 unspecified atom stereocenters. The summed E-state index contributed by atoms with van der Waals surface area (Å²) >= 11 is 0. The average molecular weight is 223 g/mol. The molecule has 0 fully saturated rings. The van der Waals surface area contributed by atoms with E-state index in [0.29, 0.717) is 0 Å². The molecule has 1 aromatic rings. The molecule has 84 valence electrons. The number of aromatic nitrogens is 1. The SMILES string of the molecule is COc1ncc(O)c(OC(F)(F)F)c1C. The van der Waals surface area contributed by atoms with Gasteiger partial charge in [0.25, 0.3) is 0 Å². The molecular formula is C8H8F3NO3. The first-order chi connectivity index (χ1) is 6.85. The lowest BCUT2D eigenvalue weighted by molar-refractivity contribution is -0.275. The maximum atomic E-state index is 11.9. The summed E-state index contributed by atoms with van der Waals surface area (Å²) in [6.07, 6.45) is -4.04. The van der Waals surface area contributed by atoms with E-state index in [-0.39, 0.29) is 11.4 Å². The molecule has 0 saturated carbocycles. The Morgan fingerprint density at radius 2 is 2.00 bits per heavy atom. The molecule has 1 aromatic heterocycles. The van der Waals surface area contributed by atoms with Crippen LogP contribution in [0.5, 0.6) is 17.4 Å². The minimum absolute atomic E-state index is 0.0187. The van der Waals surface area contributed by atoms with Gasteiger partial charge in [-0.1, -0.05) is 0 Å². The fourth-order valence-electron chi connectivity index (χ4n) is 1.01. The van der Waals surface area contributed by atoms with Gasteiger partial charge < -0.3 is 14.6 Å². The van der Waals surface area contributed by atoms with Gasteiger partial charge >= 0.3 is 6.36 Å². The molecule has 1 heterocycles. The van der Waals surface area contributed by atoms with Gasteiger partial charge in [0.2, 0.25) is 5.88 Å². The molecule has 0 saturated heterocycles. The number of ether oxygens (including phenoxy) is 2. The number of alkyl halides is 3. The molecule has 1 N–H and O–H groups in total. The molecule has 7 heteroatoms. The van der Waals surface area contributed by atoms with Gasteiger partial charge in [0.05, 0.1) is 18.9 Å². The summed E-state index contributed by atoms with van der Waals surface area (Å²) in [5.74, 6) is -1.42. The lowest BCUT2D eigenvalue weighted by atomic mass is 10.2. The number of aromatic hydroxyl groups is 1. The van der Waals surface area contributed by atoms with Crippen LogP contribution in [0.4, 0.5) is 13.2 Å². The number of nitrogens with zero attached hydrogens (tertiary/aromatic N) is 1. The standard InChI is InChI=1S/C8H8F3NO3/c1-4-6(15-8(9,10)11)5(13)3-12-7(4)14-2/h3,13H,1-2H3. The molecule has 0 radical (unpaired) electrons. The van der Waals surface area contributed by atoms with Crippen molar-refractivity contribution < 1.29 is 27.8 Å².